The van der Waals surface area contributed by atoms with Crippen molar-refractivity contribution in [3.05, 3.63) is 18.2 Å². The predicted molar refractivity (Wildman–Crippen MR) is 84.1 cm³/mol. The topological polar surface area (TPSA) is 117 Å². The molecule has 0 aliphatic carbocycles. The van der Waals surface area contributed by atoms with E-state index in [1.165, 1.54) is 0 Å². The fraction of sp³-hybridized carbons (Fsp3) is 0.467. The average Bonchev–Trinajstić information content (AvgIpc) is 2.48. The van der Waals surface area contributed by atoms with Gasteiger partial charge in [-0.05, 0) is 32.9 Å². The van der Waals surface area contributed by atoms with Gasteiger partial charge in [0.05, 0.1) is 25.4 Å². The van der Waals surface area contributed by atoms with E-state index in [1.54, 1.807) is 18.2 Å². The van der Waals surface area contributed by atoms with Crippen LogP contribution in [0.3, 0.4) is 0 Å². The maximum atomic E-state index is 11.9. The first kappa shape index (κ1) is 18.6. The molecule has 23 heavy (non-hydrogen) atoms. The number of aliphatic carboxylic acids is 1. The number of anilines is 1. The highest BCUT2D eigenvalue weighted by Crippen LogP contribution is 2.29. The largest absolute Gasteiger partial charge is 0.494 e. The maximum absolute atomic E-state index is 11.9. The van der Waals surface area contributed by atoms with Crippen LogP contribution in [-0.2, 0) is 4.79 Å². The summed E-state index contributed by atoms with van der Waals surface area (Å²) in [5.41, 5.74) is -1.67. The van der Waals surface area contributed by atoms with Crippen molar-refractivity contribution in [1.29, 1.82) is 0 Å². The number of benzene rings is 1. The van der Waals surface area contributed by atoms with Crippen molar-refractivity contribution >= 4 is 17.7 Å². The molecule has 0 bridgehead atoms. The highest BCUT2D eigenvalue weighted by atomic mass is 16.5. The summed E-state index contributed by atoms with van der Waals surface area (Å²) >= 11 is 0. The molecule has 1 atom stereocenters. The predicted octanol–water partition coefficient (Wildman–Crippen LogP) is 1.44. The van der Waals surface area contributed by atoms with E-state index in [2.05, 4.69) is 10.6 Å². The van der Waals surface area contributed by atoms with Crippen molar-refractivity contribution in [3.8, 4) is 11.5 Å². The molecule has 1 aromatic carbocycles. The molecule has 1 aromatic rings. The first-order valence-corrected chi connectivity index (χ1v) is 7.20. The molecule has 1 rings (SSSR count). The number of nitrogens with one attached hydrogen (secondary N) is 2. The van der Waals surface area contributed by atoms with E-state index in [0.717, 1.165) is 6.92 Å². The van der Waals surface area contributed by atoms with Gasteiger partial charge in [-0.1, -0.05) is 0 Å². The lowest BCUT2D eigenvalue weighted by Gasteiger charge is -2.19. The van der Waals surface area contributed by atoms with Crippen LogP contribution in [-0.4, -0.2) is 47.6 Å². The molecule has 0 heterocycles. The third kappa shape index (κ3) is 5.67. The molecule has 0 fully saturated rings. The zero-order chi connectivity index (χ0) is 17.5. The van der Waals surface area contributed by atoms with Crippen LogP contribution in [0.5, 0.6) is 11.5 Å². The molecular formula is C15H22N2O6. The second-order valence-corrected chi connectivity index (χ2v) is 4.91. The lowest BCUT2D eigenvalue weighted by atomic mass is 10.1. The molecule has 128 valence electrons. The monoisotopic (exact) mass is 326 g/mol. The quantitative estimate of drug-likeness (QED) is 0.574. The molecular weight excluding hydrogens is 304 g/mol. The number of hydrogen-bond acceptors (Lipinski definition) is 5. The third-order valence-corrected chi connectivity index (χ3v) is 2.86. The Morgan fingerprint density at radius 2 is 1.87 bits per heavy atom. The number of carbonyl (C=O) groups is 2. The third-order valence-electron chi connectivity index (χ3n) is 2.86. The van der Waals surface area contributed by atoms with Gasteiger partial charge in [-0.3, -0.25) is 0 Å². The number of urea groups is 1. The van der Waals surface area contributed by atoms with E-state index in [4.69, 9.17) is 14.6 Å². The van der Waals surface area contributed by atoms with Gasteiger partial charge in [0, 0.05) is 6.07 Å². The molecule has 0 radical (unpaired) electrons. The molecule has 0 aromatic heterocycles. The van der Waals surface area contributed by atoms with Crippen LogP contribution < -0.4 is 20.1 Å². The first-order chi connectivity index (χ1) is 10.8. The molecule has 8 nitrogen and oxygen atoms in total. The highest BCUT2D eigenvalue weighted by molar-refractivity contribution is 5.91. The van der Waals surface area contributed by atoms with Gasteiger partial charge in [0.25, 0.3) is 0 Å². The van der Waals surface area contributed by atoms with Crippen molar-refractivity contribution in [1.82, 2.24) is 5.32 Å². The van der Waals surface area contributed by atoms with E-state index >= 15 is 0 Å². The van der Waals surface area contributed by atoms with Crippen LogP contribution in [0.1, 0.15) is 20.8 Å². The summed E-state index contributed by atoms with van der Waals surface area (Å²) in [6.45, 7) is 5.19. The summed E-state index contributed by atoms with van der Waals surface area (Å²) in [7, 11) is 0. The van der Waals surface area contributed by atoms with Gasteiger partial charge < -0.3 is 30.3 Å². The van der Waals surface area contributed by atoms with Crippen molar-refractivity contribution < 1.29 is 29.3 Å². The molecule has 1 unspecified atom stereocenters. The molecule has 4 N–H and O–H groups in total. The van der Waals surface area contributed by atoms with Crippen molar-refractivity contribution in [2.24, 2.45) is 0 Å². The van der Waals surface area contributed by atoms with Gasteiger partial charge in [0.1, 0.15) is 11.5 Å². The van der Waals surface area contributed by atoms with Gasteiger partial charge in [0.15, 0.2) is 5.60 Å². The van der Waals surface area contributed by atoms with Crippen molar-refractivity contribution in [2.75, 3.05) is 25.1 Å². The fourth-order valence-corrected chi connectivity index (χ4v) is 1.64. The van der Waals surface area contributed by atoms with Gasteiger partial charge in [-0.25, -0.2) is 9.59 Å². The van der Waals surface area contributed by atoms with Crippen LogP contribution in [0.25, 0.3) is 0 Å². The minimum Gasteiger partial charge on any atom is -0.494 e. The number of aliphatic hydroxyl groups is 1. The van der Waals surface area contributed by atoms with Crippen molar-refractivity contribution in [3.63, 3.8) is 0 Å². The van der Waals surface area contributed by atoms with Crippen LogP contribution in [0.15, 0.2) is 18.2 Å². The number of carboxylic acids is 1. The Kier molecular flexibility index (Phi) is 6.65. The molecule has 0 aliphatic rings. The molecule has 0 aliphatic heterocycles. The standard InChI is InChI=1S/C15H22N2O6/c1-4-22-10-6-7-12(23-5-2)11(8-10)17-14(20)16-9-15(3,21)13(18)19/h6-8,21H,4-5,9H2,1-3H3,(H,18,19)(H2,16,17,20). The van der Waals surface area contributed by atoms with Gasteiger partial charge in [-0.15, -0.1) is 0 Å². The second kappa shape index (κ2) is 8.23. The normalized spacial score (nSPS) is 12.9. The van der Waals surface area contributed by atoms with Crippen LogP contribution in [0.2, 0.25) is 0 Å². The summed E-state index contributed by atoms with van der Waals surface area (Å²) < 4.78 is 10.8. The molecule has 0 saturated carbocycles. The maximum Gasteiger partial charge on any atom is 0.337 e. The minimum absolute atomic E-state index is 0.380. The Hall–Kier alpha value is -2.48. The second-order valence-electron chi connectivity index (χ2n) is 4.91. The Morgan fingerprint density at radius 1 is 1.22 bits per heavy atom. The van der Waals surface area contributed by atoms with E-state index in [0.29, 0.717) is 30.4 Å². The Labute approximate surface area is 134 Å². The van der Waals surface area contributed by atoms with Gasteiger partial charge in [0.2, 0.25) is 0 Å². The van der Waals surface area contributed by atoms with Crippen LogP contribution >= 0.6 is 0 Å². The van der Waals surface area contributed by atoms with Crippen LogP contribution in [0.4, 0.5) is 10.5 Å². The molecule has 2 amide bonds. The number of carbonyl (C=O) groups excluding carboxylic acids is 1. The molecule has 0 spiro atoms. The van der Waals surface area contributed by atoms with Gasteiger partial charge >= 0.3 is 12.0 Å². The SMILES string of the molecule is CCOc1ccc(OCC)c(NC(=O)NCC(C)(O)C(=O)O)c1. The lowest BCUT2D eigenvalue weighted by Crippen LogP contribution is -2.47. The van der Waals surface area contributed by atoms with Crippen molar-refractivity contribution in [2.45, 2.75) is 26.4 Å². The first-order valence-electron chi connectivity index (χ1n) is 7.20. The number of carboxylic acid groups (broad SMARTS) is 1. The zero-order valence-corrected chi connectivity index (χ0v) is 13.4. The fourth-order valence-electron chi connectivity index (χ4n) is 1.64. The smallest absolute Gasteiger partial charge is 0.337 e. The van der Waals surface area contributed by atoms with Crippen LogP contribution in [0, 0.1) is 0 Å². The highest BCUT2D eigenvalue weighted by Gasteiger charge is 2.30. The Bertz CT molecular complexity index is 559. The summed E-state index contributed by atoms with van der Waals surface area (Å²) in [6, 6.07) is 4.31. The van der Waals surface area contributed by atoms with E-state index in [9.17, 15) is 14.7 Å². The Morgan fingerprint density at radius 3 is 2.43 bits per heavy atom. The zero-order valence-electron chi connectivity index (χ0n) is 13.4. The number of rotatable bonds is 8. The summed E-state index contributed by atoms with van der Waals surface area (Å²) in [5.74, 6) is -0.411. The summed E-state index contributed by atoms with van der Waals surface area (Å²) in [6.07, 6.45) is 0. The van der Waals surface area contributed by atoms with E-state index in [1.807, 2.05) is 13.8 Å². The minimum atomic E-state index is -2.05. The van der Waals surface area contributed by atoms with E-state index in [-0.39, 0.29) is 0 Å². The number of hydrogen-bond donors (Lipinski definition) is 4. The summed E-state index contributed by atoms with van der Waals surface area (Å²) in [4.78, 5) is 22.7. The number of ether oxygens (including phenoxy) is 2. The molecule has 0 saturated heterocycles. The molecule has 8 heteroatoms. The lowest BCUT2D eigenvalue weighted by molar-refractivity contribution is -0.155. The summed E-state index contributed by atoms with van der Waals surface area (Å²) in [5, 5.41) is 23.2. The van der Waals surface area contributed by atoms with Gasteiger partial charge in [-0.2, -0.15) is 0 Å². The Balaban J connectivity index is 2.78. The number of amides is 2. The van der Waals surface area contributed by atoms with E-state index < -0.39 is 24.1 Å². The average molecular weight is 326 g/mol.